The van der Waals surface area contributed by atoms with Crippen molar-refractivity contribution in [2.24, 2.45) is 0 Å². The molecular weight excluding hydrogens is 463 g/mol. The van der Waals surface area contributed by atoms with Gasteiger partial charge in [0.05, 0.1) is 19.0 Å². The summed E-state index contributed by atoms with van der Waals surface area (Å²) in [6.45, 7) is 3.44. The Morgan fingerprint density at radius 1 is 1.19 bits per heavy atom. The van der Waals surface area contributed by atoms with Crippen LogP contribution >= 0.6 is 0 Å². The second kappa shape index (κ2) is 9.79. The van der Waals surface area contributed by atoms with Gasteiger partial charge < -0.3 is 19.9 Å². The topological polar surface area (TPSA) is 98.5 Å². The third kappa shape index (κ3) is 4.29. The van der Waals surface area contributed by atoms with E-state index >= 15 is 4.39 Å². The fourth-order valence-corrected chi connectivity index (χ4v) is 4.42. The summed E-state index contributed by atoms with van der Waals surface area (Å²) in [5, 5.41) is 16.8. The van der Waals surface area contributed by atoms with Gasteiger partial charge in [-0.3, -0.25) is 0 Å². The molecule has 8 nitrogen and oxygen atoms in total. The number of carboxylic acids is 1. The molecule has 0 saturated heterocycles. The Hall–Kier alpha value is -4.24. The SMILES string of the molecule is COc1c(C(=O)O)cnn1-c1cccc(-c2cccc(C)c2OCc2ccc3c(c2F)CCNC3)n1. The Labute approximate surface area is 207 Å². The molecule has 2 aromatic carbocycles. The number of hydrogen-bond acceptors (Lipinski definition) is 6. The molecule has 0 radical (unpaired) electrons. The van der Waals surface area contributed by atoms with E-state index in [9.17, 15) is 9.90 Å². The van der Waals surface area contributed by atoms with Gasteiger partial charge in [0, 0.05) is 17.7 Å². The summed E-state index contributed by atoms with van der Waals surface area (Å²) in [5.74, 6) is -0.289. The first kappa shape index (κ1) is 23.5. The van der Waals surface area contributed by atoms with Crippen molar-refractivity contribution in [3.63, 3.8) is 0 Å². The molecule has 5 rings (SSSR count). The lowest BCUT2D eigenvalue weighted by atomic mass is 9.97. The van der Waals surface area contributed by atoms with Crippen LogP contribution in [0.4, 0.5) is 4.39 Å². The number of nitrogens with one attached hydrogen (secondary N) is 1. The minimum Gasteiger partial charge on any atom is -0.488 e. The number of hydrogen-bond donors (Lipinski definition) is 2. The summed E-state index contributed by atoms with van der Waals surface area (Å²) in [5.41, 5.74) is 4.39. The summed E-state index contributed by atoms with van der Waals surface area (Å²) in [6, 6.07) is 14.8. The molecule has 9 heteroatoms. The first-order valence-electron chi connectivity index (χ1n) is 11.5. The number of aromatic nitrogens is 3. The van der Waals surface area contributed by atoms with Gasteiger partial charge in [-0.2, -0.15) is 9.78 Å². The quantitative estimate of drug-likeness (QED) is 0.400. The van der Waals surface area contributed by atoms with Gasteiger partial charge in [0.1, 0.15) is 23.7 Å². The van der Waals surface area contributed by atoms with E-state index in [-0.39, 0.29) is 23.9 Å². The van der Waals surface area contributed by atoms with Gasteiger partial charge in [-0.05, 0) is 54.8 Å². The van der Waals surface area contributed by atoms with Crippen molar-refractivity contribution in [3.05, 3.63) is 88.4 Å². The molecule has 0 spiro atoms. The van der Waals surface area contributed by atoms with Gasteiger partial charge in [-0.1, -0.05) is 30.3 Å². The van der Waals surface area contributed by atoms with Crippen LogP contribution in [-0.2, 0) is 19.6 Å². The minimum atomic E-state index is -1.14. The molecule has 0 saturated carbocycles. The fraction of sp³-hybridized carbons (Fsp3) is 0.222. The number of carboxylic acid groups (broad SMARTS) is 1. The molecule has 1 aliphatic rings. The van der Waals surface area contributed by atoms with Crippen molar-refractivity contribution in [1.29, 1.82) is 0 Å². The average molecular weight is 489 g/mol. The number of aryl methyl sites for hydroxylation is 1. The molecule has 0 aliphatic carbocycles. The number of fused-ring (bicyclic) bond motifs is 1. The van der Waals surface area contributed by atoms with E-state index in [0.29, 0.717) is 35.8 Å². The molecule has 2 aromatic heterocycles. The normalized spacial score (nSPS) is 12.8. The molecule has 0 fully saturated rings. The van der Waals surface area contributed by atoms with Gasteiger partial charge in [0.15, 0.2) is 5.82 Å². The number of para-hydroxylation sites is 1. The van der Waals surface area contributed by atoms with E-state index < -0.39 is 5.97 Å². The zero-order valence-corrected chi connectivity index (χ0v) is 19.9. The second-order valence-electron chi connectivity index (χ2n) is 8.51. The summed E-state index contributed by atoms with van der Waals surface area (Å²) in [6.07, 6.45) is 1.88. The van der Waals surface area contributed by atoms with Crippen LogP contribution in [-0.4, -0.2) is 39.5 Å². The highest BCUT2D eigenvalue weighted by molar-refractivity contribution is 5.90. The van der Waals surface area contributed by atoms with Crippen LogP contribution in [0.1, 0.15) is 32.6 Å². The number of ether oxygens (including phenoxy) is 2. The largest absolute Gasteiger partial charge is 0.488 e. The van der Waals surface area contributed by atoms with E-state index in [0.717, 1.165) is 28.8 Å². The van der Waals surface area contributed by atoms with Crippen LogP contribution in [0.2, 0.25) is 0 Å². The van der Waals surface area contributed by atoms with Crippen molar-refractivity contribution in [2.45, 2.75) is 26.5 Å². The van der Waals surface area contributed by atoms with Gasteiger partial charge in [-0.25, -0.2) is 14.2 Å². The third-order valence-electron chi connectivity index (χ3n) is 6.25. The Morgan fingerprint density at radius 2 is 2.03 bits per heavy atom. The summed E-state index contributed by atoms with van der Waals surface area (Å²) >= 11 is 0. The lowest BCUT2D eigenvalue weighted by Crippen LogP contribution is -2.25. The molecule has 0 atom stereocenters. The Morgan fingerprint density at radius 3 is 2.83 bits per heavy atom. The standard InChI is InChI=1S/C27H25FN4O4/c1-16-5-3-6-20(25(16)36-15-18-10-9-17-13-29-12-11-19(17)24(18)28)22-7-4-8-23(31-22)32-26(35-2)21(14-30-32)27(33)34/h3-10,14,29H,11-13,15H2,1-2H3,(H,33,34). The highest BCUT2D eigenvalue weighted by Gasteiger charge is 2.21. The molecular formula is C27H25FN4O4. The van der Waals surface area contributed by atoms with Gasteiger partial charge in [-0.15, -0.1) is 0 Å². The monoisotopic (exact) mass is 488 g/mol. The zero-order valence-electron chi connectivity index (χ0n) is 19.9. The Kier molecular flexibility index (Phi) is 6.39. The Bertz CT molecular complexity index is 1450. The molecule has 36 heavy (non-hydrogen) atoms. The first-order chi connectivity index (χ1) is 17.5. The second-order valence-corrected chi connectivity index (χ2v) is 8.51. The number of aromatic carboxylic acids is 1. The van der Waals surface area contributed by atoms with Crippen molar-refractivity contribution in [1.82, 2.24) is 20.1 Å². The molecule has 3 heterocycles. The predicted octanol–water partition coefficient (Wildman–Crippen LogP) is 4.31. The highest BCUT2D eigenvalue weighted by Crippen LogP contribution is 2.34. The lowest BCUT2D eigenvalue weighted by molar-refractivity contribution is 0.0693. The van der Waals surface area contributed by atoms with E-state index in [1.54, 1.807) is 18.2 Å². The van der Waals surface area contributed by atoms with E-state index in [1.165, 1.54) is 18.0 Å². The number of carbonyl (C=O) groups is 1. The van der Waals surface area contributed by atoms with Crippen molar-refractivity contribution in [2.75, 3.05) is 13.7 Å². The van der Waals surface area contributed by atoms with Gasteiger partial charge in [0.25, 0.3) is 0 Å². The highest BCUT2D eigenvalue weighted by atomic mass is 19.1. The summed E-state index contributed by atoms with van der Waals surface area (Å²) < 4.78 is 28.0. The van der Waals surface area contributed by atoms with Crippen LogP contribution in [0.5, 0.6) is 11.6 Å². The fourth-order valence-electron chi connectivity index (χ4n) is 4.42. The average Bonchev–Trinajstić information content (AvgIpc) is 3.34. The number of halogens is 1. The van der Waals surface area contributed by atoms with Crippen LogP contribution in [0.3, 0.4) is 0 Å². The molecule has 0 bridgehead atoms. The molecule has 184 valence electrons. The maximum absolute atomic E-state index is 15.2. The van der Waals surface area contributed by atoms with Gasteiger partial charge >= 0.3 is 5.97 Å². The van der Waals surface area contributed by atoms with Crippen molar-refractivity contribution >= 4 is 5.97 Å². The summed E-state index contributed by atoms with van der Waals surface area (Å²) in [7, 11) is 1.38. The molecule has 2 N–H and O–H groups in total. The molecule has 0 unspecified atom stereocenters. The Balaban J connectivity index is 1.48. The number of pyridine rings is 1. The molecule has 1 aliphatic heterocycles. The van der Waals surface area contributed by atoms with Crippen LogP contribution in [0.25, 0.3) is 17.1 Å². The number of methoxy groups -OCH3 is 1. The predicted molar refractivity (Wildman–Crippen MR) is 131 cm³/mol. The van der Waals surface area contributed by atoms with E-state index in [4.69, 9.17) is 14.5 Å². The third-order valence-corrected chi connectivity index (χ3v) is 6.25. The lowest BCUT2D eigenvalue weighted by Gasteiger charge is -2.20. The number of rotatable bonds is 7. The van der Waals surface area contributed by atoms with Crippen molar-refractivity contribution < 1.29 is 23.8 Å². The minimum absolute atomic E-state index is 0.0628. The van der Waals surface area contributed by atoms with Crippen LogP contribution < -0.4 is 14.8 Å². The molecule has 4 aromatic rings. The van der Waals surface area contributed by atoms with Crippen LogP contribution in [0.15, 0.2) is 54.7 Å². The first-order valence-corrected chi connectivity index (χ1v) is 11.5. The van der Waals surface area contributed by atoms with Crippen molar-refractivity contribution in [3.8, 4) is 28.7 Å². The number of benzene rings is 2. The van der Waals surface area contributed by atoms with Gasteiger partial charge in [0.2, 0.25) is 5.88 Å². The van der Waals surface area contributed by atoms with E-state index in [1.807, 2.05) is 37.3 Å². The zero-order chi connectivity index (χ0) is 25.2. The number of nitrogens with zero attached hydrogens (tertiary/aromatic N) is 3. The maximum atomic E-state index is 15.2. The van der Waals surface area contributed by atoms with E-state index in [2.05, 4.69) is 10.4 Å². The molecule has 0 amide bonds. The smallest absolute Gasteiger partial charge is 0.342 e. The van der Waals surface area contributed by atoms with Crippen LogP contribution in [0, 0.1) is 12.7 Å². The maximum Gasteiger partial charge on any atom is 0.342 e. The summed E-state index contributed by atoms with van der Waals surface area (Å²) in [4.78, 5) is 16.2.